The molecule has 1 atom stereocenters. The van der Waals surface area contributed by atoms with Crippen LogP contribution >= 0.6 is 11.3 Å². The van der Waals surface area contributed by atoms with Gasteiger partial charge in [-0.1, -0.05) is 6.92 Å². The third-order valence-electron chi connectivity index (χ3n) is 3.98. The van der Waals surface area contributed by atoms with E-state index in [2.05, 4.69) is 20.2 Å². The van der Waals surface area contributed by atoms with Crippen LogP contribution in [0.3, 0.4) is 0 Å². The second-order valence-electron chi connectivity index (χ2n) is 5.87. The molecule has 4 rings (SSSR count). The fraction of sp³-hybridized carbons (Fsp3) is 0.333. The van der Waals surface area contributed by atoms with Gasteiger partial charge in [-0.15, -0.1) is 16.4 Å². The first-order valence-corrected chi connectivity index (χ1v) is 8.41. The summed E-state index contributed by atoms with van der Waals surface area (Å²) in [4.78, 5) is 9.73. The summed E-state index contributed by atoms with van der Waals surface area (Å²) >= 11 is 1.52. The predicted octanol–water partition coefficient (Wildman–Crippen LogP) is 3.67. The Kier molecular flexibility index (Phi) is 3.53. The number of aromatic nitrogens is 6. The topological polar surface area (TPSA) is 60.9 Å². The average Bonchev–Trinajstić information content (AvgIpc) is 3.23. The number of halogens is 3. The second-order valence-corrected chi connectivity index (χ2v) is 6.77. The molecule has 0 aromatic carbocycles. The maximum atomic E-state index is 12.8. The third kappa shape index (κ3) is 2.76. The van der Waals surface area contributed by atoms with E-state index in [1.807, 2.05) is 18.4 Å². The smallest absolute Gasteiger partial charge is 0.269 e. The highest BCUT2D eigenvalue weighted by Crippen LogP contribution is 2.29. The van der Waals surface area contributed by atoms with E-state index in [9.17, 15) is 13.2 Å². The van der Waals surface area contributed by atoms with Gasteiger partial charge in [0.25, 0.3) is 0 Å². The van der Waals surface area contributed by atoms with Crippen molar-refractivity contribution < 1.29 is 13.2 Å². The number of alkyl halides is 3. The number of thiophene rings is 1. The quantitative estimate of drug-likeness (QED) is 0.555. The summed E-state index contributed by atoms with van der Waals surface area (Å²) in [6.45, 7) is 3.73. The minimum atomic E-state index is -4.45. The van der Waals surface area contributed by atoms with Gasteiger partial charge in [0.1, 0.15) is 11.2 Å². The van der Waals surface area contributed by atoms with Crippen LogP contribution in [0.15, 0.2) is 23.8 Å². The average molecular weight is 366 g/mol. The summed E-state index contributed by atoms with van der Waals surface area (Å²) in [7, 11) is 0. The van der Waals surface area contributed by atoms with E-state index in [1.165, 1.54) is 16.0 Å². The molecule has 0 aliphatic rings. The molecule has 0 amide bonds. The van der Waals surface area contributed by atoms with Crippen molar-refractivity contribution in [2.75, 3.05) is 0 Å². The number of hydrogen-bond acceptors (Lipinski definition) is 5. The molecule has 0 bridgehead atoms. The fourth-order valence-electron chi connectivity index (χ4n) is 2.67. The summed E-state index contributed by atoms with van der Waals surface area (Å²) in [5.74, 6) is 0.345. The Balaban J connectivity index is 1.66. The maximum Gasteiger partial charge on any atom is 0.435 e. The Labute approximate surface area is 143 Å². The van der Waals surface area contributed by atoms with E-state index in [1.54, 1.807) is 17.8 Å². The molecule has 130 valence electrons. The molecule has 25 heavy (non-hydrogen) atoms. The summed E-state index contributed by atoms with van der Waals surface area (Å²) in [6, 6.07) is 2.97. The van der Waals surface area contributed by atoms with Gasteiger partial charge in [-0.05, 0) is 24.4 Å². The first kappa shape index (κ1) is 16.0. The highest BCUT2D eigenvalue weighted by Gasteiger charge is 2.34. The maximum absolute atomic E-state index is 12.8. The van der Waals surface area contributed by atoms with Crippen LogP contribution in [0.25, 0.3) is 15.9 Å². The van der Waals surface area contributed by atoms with Crippen molar-refractivity contribution in [3.05, 3.63) is 41.1 Å². The molecule has 1 unspecified atom stereocenters. The fourth-order valence-corrected chi connectivity index (χ4v) is 3.39. The first-order chi connectivity index (χ1) is 11.8. The van der Waals surface area contributed by atoms with Crippen LogP contribution in [0.1, 0.15) is 30.1 Å². The van der Waals surface area contributed by atoms with Gasteiger partial charge in [0.05, 0.1) is 11.9 Å². The Morgan fingerprint density at radius 1 is 1.28 bits per heavy atom. The zero-order valence-electron chi connectivity index (χ0n) is 13.3. The zero-order chi connectivity index (χ0) is 17.8. The highest BCUT2D eigenvalue weighted by atomic mass is 32.1. The monoisotopic (exact) mass is 366 g/mol. The standard InChI is InChI=1S/C15H13F3N6S/c1-8(6-23-9(2)5-11(21-23)15(16,17)18)12-20-13-10-3-4-25-14(10)19-7-24(13)22-12/h3-5,7-8H,6H2,1-2H3. The summed E-state index contributed by atoms with van der Waals surface area (Å²) in [5.41, 5.74) is 0.260. The van der Waals surface area contributed by atoms with E-state index in [0.29, 0.717) is 17.2 Å². The van der Waals surface area contributed by atoms with Crippen LogP contribution in [-0.2, 0) is 12.7 Å². The van der Waals surface area contributed by atoms with Crippen LogP contribution in [0.4, 0.5) is 13.2 Å². The molecule has 10 heteroatoms. The van der Waals surface area contributed by atoms with E-state index in [4.69, 9.17) is 0 Å². The van der Waals surface area contributed by atoms with E-state index < -0.39 is 11.9 Å². The molecular weight excluding hydrogens is 353 g/mol. The molecule has 0 radical (unpaired) electrons. The van der Waals surface area contributed by atoms with Gasteiger partial charge >= 0.3 is 6.18 Å². The molecule has 4 aromatic rings. The normalized spacial score (nSPS) is 13.8. The van der Waals surface area contributed by atoms with Crippen molar-refractivity contribution in [1.82, 2.24) is 29.4 Å². The minimum absolute atomic E-state index is 0.201. The van der Waals surface area contributed by atoms with E-state index in [-0.39, 0.29) is 12.5 Å². The van der Waals surface area contributed by atoms with Crippen LogP contribution in [-0.4, -0.2) is 29.4 Å². The molecule has 4 aromatic heterocycles. The molecule has 0 spiro atoms. The predicted molar refractivity (Wildman–Crippen MR) is 86.5 cm³/mol. The molecule has 0 N–H and O–H groups in total. The van der Waals surface area contributed by atoms with Gasteiger partial charge in [-0.2, -0.15) is 18.3 Å². The lowest BCUT2D eigenvalue weighted by Gasteiger charge is -2.09. The van der Waals surface area contributed by atoms with Crippen molar-refractivity contribution in [3.8, 4) is 0 Å². The largest absolute Gasteiger partial charge is 0.435 e. The minimum Gasteiger partial charge on any atom is -0.269 e. The van der Waals surface area contributed by atoms with E-state index >= 15 is 0 Å². The van der Waals surface area contributed by atoms with Gasteiger partial charge in [-0.25, -0.2) is 14.5 Å². The third-order valence-corrected chi connectivity index (χ3v) is 4.80. The first-order valence-electron chi connectivity index (χ1n) is 7.53. The molecular formula is C15H13F3N6S. The highest BCUT2D eigenvalue weighted by molar-refractivity contribution is 7.16. The van der Waals surface area contributed by atoms with Crippen LogP contribution in [0, 0.1) is 6.92 Å². The van der Waals surface area contributed by atoms with Gasteiger partial charge < -0.3 is 0 Å². The van der Waals surface area contributed by atoms with Crippen molar-refractivity contribution in [2.24, 2.45) is 0 Å². The number of nitrogens with zero attached hydrogens (tertiary/aromatic N) is 6. The van der Waals surface area contributed by atoms with Gasteiger partial charge in [0.15, 0.2) is 17.2 Å². The lowest BCUT2D eigenvalue weighted by molar-refractivity contribution is -0.141. The number of rotatable bonds is 3. The SMILES string of the molecule is Cc1cc(C(F)(F)F)nn1CC(C)c1nc2c3ccsc3ncn2n1. The summed E-state index contributed by atoms with van der Waals surface area (Å²) in [6.07, 6.45) is -2.85. The summed E-state index contributed by atoms with van der Waals surface area (Å²) < 4.78 is 41.3. The number of aryl methyl sites for hydroxylation is 1. The summed E-state index contributed by atoms with van der Waals surface area (Å²) in [5, 5.41) is 10.9. The van der Waals surface area contributed by atoms with E-state index in [0.717, 1.165) is 16.3 Å². The Hall–Kier alpha value is -2.49. The van der Waals surface area contributed by atoms with Crippen molar-refractivity contribution in [1.29, 1.82) is 0 Å². The van der Waals surface area contributed by atoms with Crippen molar-refractivity contribution >= 4 is 27.2 Å². The molecule has 6 nitrogen and oxygen atoms in total. The van der Waals surface area contributed by atoms with Crippen LogP contribution < -0.4 is 0 Å². The molecule has 0 fully saturated rings. The van der Waals surface area contributed by atoms with Crippen molar-refractivity contribution in [3.63, 3.8) is 0 Å². The zero-order valence-corrected chi connectivity index (χ0v) is 14.1. The number of hydrogen-bond donors (Lipinski definition) is 0. The van der Waals surface area contributed by atoms with Gasteiger partial charge in [0, 0.05) is 11.6 Å². The molecule has 0 saturated heterocycles. The van der Waals surface area contributed by atoms with Gasteiger partial charge in [0.2, 0.25) is 0 Å². The van der Waals surface area contributed by atoms with Crippen LogP contribution in [0.5, 0.6) is 0 Å². The molecule has 0 saturated carbocycles. The Morgan fingerprint density at radius 2 is 2.08 bits per heavy atom. The second kappa shape index (κ2) is 5.51. The Morgan fingerprint density at radius 3 is 2.80 bits per heavy atom. The Bertz CT molecular complexity index is 1060. The molecule has 0 aliphatic heterocycles. The molecule has 0 aliphatic carbocycles. The van der Waals surface area contributed by atoms with Crippen molar-refractivity contribution in [2.45, 2.75) is 32.5 Å². The number of fused-ring (bicyclic) bond motifs is 3. The lowest BCUT2D eigenvalue weighted by Crippen LogP contribution is -2.12. The van der Waals surface area contributed by atoms with Gasteiger partial charge in [-0.3, -0.25) is 4.68 Å². The van der Waals surface area contributed by atoms with Crippen LogP contribution in [0.2, 0.25) is 0 Å². The molecule has 4 heterocycles. The lowest BCUT2D eigenvalue weighted by atomic mass is 10.1.